The van der Waals surface area contributed by atoms with Gasteiger partial charge in [-0.05, 0) is 42.5 Å². The third kappa shape index (κ3) is 2.93. The smallest absolute Gasteiger partial charge is 0.339 e. The number of carbonyl (C=O) groups excluding carboxylic acids is 1. The third-order valence-electron chi connectivity index (χ3n) is 3.92. The highest BCUT2D eigenvalue weighted by molar-refractivity contribution is 5.90. The maximum absolute atomic E-state index is 12.2. The standard InChI is InChI=1S/C18H20O2/c1-4-14(3)15-8-10-16(11-9-15)17(19)20-18(5-2)12-6-7-13-18/h2,6,8-12,14H,4,7,13H2,1,3H3. The van der Waals surface area contributed by atoms with Crippen LogP contribution in [-0.4, -0.2) is 11.6 Å². The van der Waals surface area contributed by atoms with Crippen LogP contribution in [0.2, 0.25) is 0 Å². The van der Waals surface area contributed by atoms with Crippen LogP contribution >= 0.6 is 0 Å². The maximum atomic E-state index is 12.2. The zero-order valence-corrected chi connectivity index (χ0v) is 12.1. The van der Waals surface area contributed by atoms with Crippen molar-refractivity contribution in [2.75, 3.05) is 0 Å². The predicted octanol–water partition coefficient (Wildman–Crippen LogP) is 4.08. The zero-order chi connectivity index (χ0) is 14.6. The van der Waals surface area contributed by atoms with Crippen LogP contribution in [0.15, 0.2) is 36.4 Å². The molecule has 1 aromatic rings. The molecule has 0 saturated heterocycles. The highest BCUT2D eigenvalue weighted by Gasteiger charge is 2.32. The molecule has 0 radical (unpaired) electrons. The van der Waals surface area contributed by atoms with Crippen LogP contribution in [0.25, 0.3) is 0 Å². The third-order valence-corrected chi connectivity index (χ3v) is 3.92. The Morgan fingerprint density at radius 2 is 2.15 bits per heavy atom. The molecule has 104 valence electrons. The van der Waals surface area contributed by atoms with Gasteiger partial charge in [-0.2, -0.15) is 0 Å². The van der Waals surface area contributed by atoms with Gasteiger partial charge in [0.1, 0.15) is 0 Å². The summed E-state index contributed by atoms with van der Waals surface area (Å²) in [5.41, 5.74) is 0.926. The quantitative estimate of drug-likeness (QED) is 0.467. The summed E-state index contributed by atoms with van der Waals surface area (Å²) in [5.74, 6) is 2.73. The van der Waals surface area contributed by atoms with Crippen LogP contribution < -0.4 is 0 Å². The summed E-state index contributed by atoms with van der Waals surface area (Å²) >= 11 is 0. The summed E-state index contributed by atoms with van der Waals surface area (Å²) in [7, 11) is 0. The summed E-state index contributed by atoms with van der Waals surface area (Å²) in [6, 6.07) is 7.59. The lowest BCUT2D eigenvalue weighted by atomic mass is 9.97. The fourth-order valence-electron chi connectivity index (χ4n) is 2.30. The van der Waals surface area contributed by atoms with Crippen molar-refractivity contribution in [2.45, 2.75) is 44.6 Å². The Hall–Kier alpha value is -2.01. The van der Waals surface area contributed by atoms with Crippen molar-refractivity contribution in [3.63, 3.8) is 0 Å². The maximum Gasteiger partial charge on any atom is 0.339 e. The average molecular weight is 268 g/mol. The van der Waals surface area contributed by atoms with Crippen molar-refractivity contribution >= 4 is 5.97 Å². The summed E-state index contributed by atoms with van der Waals surface area (Å²) in [6.45, 7) is 4.32. The first-order valence-electron chi connectivity index (χ1n) is 7.09. The first-order chi connectivity index (χ1) is 9.60. The SMILES string of the molecule is C#CC1(OC(=O)c2ccc(C(C)CC)cc2)C=CCC1. The Bertz CT molecular complexity index is 548. The molecule has 2 heteroatoms. The van der Waals surface area contributed by atoms with E-state index in [2.05, 4.69) is 19.8 Å². The molecular weight excluding hydrogens is 248 g/mol. The monoisotopic (exact) mass is 268 g/mol. The average Bonchev–Trinajstić information content (AvgIpc) is 2.95. The molecule has 2 atom stereocenters. The number of hydrogen-bond donors (Lipinski definition) is 0. The molecule has 1 aliphatic carbocycles. The van der Waals surface area contributed by atoms with E-state index in [1.807, 2.05) is 30.3 Å². The molecule has 0 heterocycles. The first kappa shape index (κ1) is 14.4. The first-order valence-corrected chi connectivity index (χ1v) is 7.09. The van der Waals surface area contributed by atoms with Crippen LogP contribution in [0.3, 0.4) is 0 Å². The zero-order valence-electron chi connectivity index (χ0n) is 12.1. The van der Waals surface area contributed by atoms with Gasteiger partial charge < -0.3 is 4.74 Å². The highest BCUT2D eigenvalue weighted by Crippen LogP contribution is 2.27. The lowest BCUT2D eigenvalue weighted by Crippen LogP contribution is -2.29. The number of esters is 1. The molecule has 0 bridgehead atoms. The second-order valence-corrected chi connectivity index (χ2v) is 5.30. The number of carbonyl (C=O) groups is 1. The normalized spacial score (nSPS) is 22.2. The van der Waals surface area contributed by atoms with E-state index in [1.165, 1.54) is 5.56 Å². The lowest BCUT2D eigenvalue weighted by Gasteiger charge is -2.21. The topological polar surface area (TPSA) is 26.3 Å². The van der Waals surface area contributed by atoms with Crippen LogP contribution in [0.4, 0.5) is 0 Å². The molecule has 0 N–H and O–H groups in total. The van der Waals surface area contributed by atoms with Gasteiger partial charge in [-0.3, -0.25) is 0 Å². The van der Waals surface area contributed by atoms with Gasteiger partial charge in [-0.1, -0.05) is 38.0 Å². The van der Waals surface area contributed by atoms with Crippen LogP contribution in [0.1, 0.15) is 54.9 Å². The molecular formula is C18H20O2. The molecule has 20 heavy (non-hydrogen) atoms. The van der Waals surface area contributed by atoms with Gasteiger partial charge in [0.2, 0.25) is 0 Å². The number of benzene rings is 1. The molecule has 0 amide bonds. The minimum absolute atomic E-state index is 0.356. The summed E-state index contributed by atoms with van der Waals surface area (Å²) in [5, 5.41) is 0. The molecule has 1 aromatic carbocycles. The van der Waals surface area contributed by atoms with Crippen molar-refractivity contribution in [3.8, 4) is 12.3 Å². The summed E-state index contributed by atoms with van der Waals surface area (Å²) in [6.07, 6.45) is 11.9. The lowest BCUT2D eigenvalue weighted by molar-refractivity contribution is 0.0235. The molecule has 0 aliphatic heterocycles. The van der Waals surface area contributed by atoms with Gasteiger partial charge in [0.15, 0.2) is 5.60 Å². The van der Waals surface area contributed by atoms with Crippen LogP contribution in [0.5, 0.6) is 0 Å². The number of terminal acetylenes is 1. The van der Waals surface area contributed by atoms with Crippen LogP contribution in [-0.2, 0) is 4.74 Å². The number of ether oxygens (including phenoxy) is 1. The van der Waals surface area contributed by atoms with E-state index in [0.717, 1.165) is 12.8 Å². The largest absolute Gasteiger partial charge is 0.438 e. The van der Waals surface area contributed by atoms with Crippen LogP contribution in [0, 0.1) is 12.3 Å². The van der Waals surface area contributed by atoms with E-state index in [0.29, 0.717) is 17.9 Å². The Kier molecular flexibility index (Phi) is 4.29. The number of rotatable bonds is 4. The van der Waals surface area contributed by atoms with Gasteiger partial charge in [0.05, 0.1) is 5.56 Å². The fraction of sp³-hybridized carbons (Fsp3) is 0.389. The van der Waals surface area contributed by atoms with Gasteiger partial charge in [-0.25, -0.2) is 4.79 Å². The van der Waals surface area contributed by atoms with Crippen molar-refractivity contribution < 1.29 is 9.53 Å². The predicted molar refractivity (Wildman–Crippen MR) is 80.5 cm³/mol. The second kappa shape index (κ2) is 5.96. The molecule has 0 saturated carbocycles. The molecule has 0 spiro atoms. The molecule has 2 nitrogen and oxygen atoms in total. The minimum atomic E-state index is -0.855. The highest BCUT2D eigenvalue weighted by atomic mass is 16.6. The molecule has 2 unspecified atom stereocenters. The van der Waals surface area contributed by atoms with Crippen molar-refractivity contribution in [1.29, 1.82) is 0 Å². The molecule has 0 fully saturated rings. The van der Waals surface area contributed by atoms with E-state index in [-0.39, 0.29) is 5.97 Å². The Morgan fingerprint density at radius 1 is 1.45 bits per heavy atom. The van der Waals surface area contributed by atoms with E-state index in [4.69, 9.17) is 11.2 Å². The van der Waals surface area contributed by atoms with E-state index in [9.17, 15) is 4.79 Å². The second-order valence-electron chi connectivity index (χ2n) is 5.30. The van der Waals surface area contributed by atoms with Gasteiger partial charge in [-0.15, -0.1) is 6.42 Å². The summed E-state index contributed by atoms with van der Waals surface area (Å²) < 4.78 is 5.50. The van der Waals surface area contributed by atoms with E-state index < -0.39 is 5.60 Å². The fourth-order valence-corrected chi connectivity index (χ4v) is 2.30. The number of hydrogen-bond acceptors (Lipinski definition) is 2. The minimum Gasteiger partial charge on any atom is -0.438 e. The summed E-state index contributed by atoms with van der Waals surface area (Å²) in [4.78, 5) is 12.2. The van der Waals surface area contributed by atoms with Gasteiger partial charge >= 0.3 is 5.97 Å². The van der Waals surface area contributed by atoms with Gasteiger partial charge in [0, 0.05) is 6.42 Å². The molecule has 0 aromatic heterocycles. The number of allylic oxidation sites excluding steroid dienone is 1. The molecule has 1 aliphatic rings. The Balaban J connectivity index is 2.10. The van der Waals surface area contributed by atoms with Crippen molar-refractivity contribution in [3.05, 3.63) is 47.5 Å². The van der Waals surface area contributed by atoms with Gasteiger partial charge in [0.25, 0.3) is 0 Å². The molecule has 2 rings (SSSR count). The van der Waals surface area contributed by atoms with E-state index >= 15 is 0 Å². The van der Waals surface area contributed by atoms with E-state index in [1.54, 1.807) is 6.08 Å². The van der Waals surface area contributed by atoms with Crippen molar-refractivity contribution in [1.82, 2.24) is 0 Å². The Labute approximate surface area is 120 Å². The van der Waals surface area contributed by atoms with Crippen molar-refractivity contribution in [2.24, 2.45) is 0 Å². The Morgan fingerprint density at radius 3 is 2.65 bits per heavy atom.